The minimum atomic E-state index is -0.922. The van der Waals surface area contributed by atoms with E-state index in [-0.39, 0.29) is 5.54 Å². The second-order valence-electron chi connectivity index (χ2n) is 5.38. The highest BCUT2D eigenvalue weighted by Gasteiger charge is 2.33. The first kappa shape index (κ1) is 13.4. The van der Waals surface area contributed by atoms with Crippen LogP contribution in [0.5, 0.6) is 0 Å². The molecular weight excluding hydrogens is 206 g/mol. The van der Waals surface area contributed by atoms with Crippen molar-refractivity contribution >= 4 is 5.91 Å². The van der Waals surface area contributed by atoms with Gasteiger partial charge in [0.15, 0.2) is 0 Å². The third-order valence-corrected chi connectivity index (χ3v) is 3.28. The van der Waals surface area contributed by atoms with Gasteiger partial charge in [-0.05, 0) is 27.2 Å². The third kappa shape index (κ3) is 3.17. The first-order chi connectivity index (χ1) is 7.26. The lowest BCUT2D eigenvalue weighted by molar-refractivity contribution is -0.123. The van der Waals surface area contributed by atoms with E-state index in [1.165, 1.54) is 0 Å². The summed E-state index contributed by atoms with van der Waals surface area (Å²) in [5, 5.41) is 0. The molecule has 5 nitrogen and oxygen atoms in total. The number of hydrogen-bond donors (Lipinski definition) is 2. The number of nitrogens with zero attached hydrogens (tertiary/aromatic N) is 1. The van der Waals surface area contributed by atoms with E-state index < -0.39 is 11.4 Å². The molecule has 1 rings (SSSR count). The standard InChI is InChI=1S/C11H23N3O2/c1-10(2)8-16-7-6-14(10)5-4-11(3,13)9(12)15/h4-8,13H2,1-3H3,(H2,12,15). The summed E-state index contributed by atoms with van der Waals surface area (Å²) in [5.74, 6) is -0.446. The van der Waals surface area contributed by atoms with Gasteiger partial charge >= 0.3 is 0 Å². The van der Waals surface area contributed by atoms with E-state index in [9.17, 15) is 4.79 Å². The Bertz CT molecular complexity index is 264. The maximum Gasteiger partial charge on any atom is 0.237 e. The molecule has 0 saturated carbocycles. The Hall–Kier alpha value is -0.650. The molecule has 0 aromatic heterocycles. The minimum absolute atomic E-state index is 0.00593. The SMILES string of the molecule is CC(N)(CCN1CCOCC1(C)C)C(N)=O. The molecule has 1 fully saturated rings. The minimum Gasteiger partial charge on any atom is -0.378 e. The van der Waals surface area contributed by atoms with Crippen molar-refractivity contribution in [1.82, 2.24) is 4.90 Å². The second-order valence-corrected chi connectivity index (χ2v) is 5.38. The lowest BCUT2D eigenvalue weighted by atomic mass is 9.95. The van der Waals surface area contributed by atoms with Gasteiger partial charge in [0.25, 0.3) is 0 Å². The highest BCUT2D eigenvalue weighted by Crippen LogP contribution is 2.20. The Morgan fingerprint density at radius 2 is 2.19 bits per heavy atom. The van der Waals surface area contributed by atoms with Crippen LogP contribution in [0.4, 0.5) is 0 Å². The normalized spacial score (nSPS) is 25.0. The van der Waals surface area contributed by atoms with E-state index >= 15 is 0 Å². The van der Waals surface area contributed by atoms with Crippen molar-refractivity contribution in [3.8, 4) is 0 Å². The van der Waals surface area contributed by atoms with Crippen LogP contribution in [-0.4, -0.2) is 48.2 Å². The second kappa shape index (κ2) is 4.69. The zero-order valence-corrected chi connectivity index (χ0v) is 10.5. The fourth-order valence-corrected chi connectivity index (χ4v) is 1.80. The quantitative estimate of drug-likeness (QED) is 0.693. The molecule has 0 aromatic rings. The van der Waals surface area contributed by atoms with Crippen LogP contribution in [0, 0.1) is 0 Å². The molecule has 0 radical (unpaired) electrons. The lowest BCUT2D eigenvalue weighted by Crippen LogP contribution is -2.56. The van der Waals surface area contributed by atoms with Crippen molar-refractivity contribution in [2.24, 2.45) is 11.5 Å². The Balaban J connectivity index is 2.51. The smallest absolute Gasteiger partial charge is 0.237 e. The molecule has 1 aliphatic heterocycles. The van der Waals surface area contributed by atoms with Gasteiger partial charge in [-0.3, -0.25) is 9.69 Å². The van der Waals surface area contributed by atoms with Gasteiger partial charge in [0, 0.05) is 18.6 Å². The van der Waals surface area contributed by atoms with Crippen LogP contribution >= 0.6 is 0 Å². The number of carbonyl (C=O) groups excluding carboxylic acids is 1. The largest absolute Gasteiger partial charge is 0.378 e. The Kier molecular flexibility index (Phi) is 3.93. The van der Waals surface area contributed by atoms with Crippen LogP contribution in [0.25, 0.3) is 0 Å². The number of rotatable bonds is 4. The van der Waals surface area contributed by atoms with Crippen molar-refractivity contribution in [2.75, 3.05) is 26.3 Å². The molecule has 4 N–H and O–H groups in total. The molecule has 1 heterocycles. The molecule has 1 atom stereocenters. The molecule has 1 saturated heterocycles. The summed E-state index contributed by atoms with van der Waals surface area (Å²) in [5.41, 5.74) is 10.2. The molecular formula is C11H23N3O2. The lowest BCUT2D eigenvalue weighted by Gasteiger charge is -2.43. The van der Waals surface area contributed by atoms with Gasteiger partial charge in [-0.15, -0.1) is 0 Å². The summed E-state index contributed by atoms with van der Waals surface area (Å²) in [6.07, 6.45) is 0.575. The van der Waals surface area contributed by atoms with Gasteiger partial charge in [-0.25, -0.2) is 0 Å². The van der Waals surface area contributed by atoms with Crippen molar-refractivity contribution in [3.63, 3.8) is 0 Å². The van der Waals surface area contributed by atoms with Crippen LogP contribution in [0.3, 0.4) is 0 Å². The average molecular weight is 229 g/mol. The van der Waals surface area contributed by atoms with Gasteiger partial charge < -0.3 is 16.2 Å². The fraction of sp³-hybridized carbons (Fsp3) is 0.909. The van der Waals surface area contributed by atoms with Gasteiger partial charge in [0.05, 0.1) is 18.8 Å². The summed E-state index contributed by atoms with van der Waals surface area (Å²) in [7, 11) is 0. The Morgan fingerprint density at radius 3 is 2.69 bits per heavy atom. The molecule has 16 heavy (non-hydrogen) atoms. The van der Waals surface area contributed by atoms with Gasteiger partial charge in [-0.1, -0.05) is 0 Å². The van der Waals surface area contributed by atoms with E-state index in [0.29, 0.717) is 13.0 Å². The van der Waals surface area contributed by atoms with Crippen molar-refractivity contribution in [1.29, 1.82) is 0 Å². The van der Waals surface area contributed by atoms with Gasteiger partial charge in [0.1, 0.15) is 0 Å². The maximum atomic E-state index is 11.1. The molecule has 0 aromatic carbocycles. The first-order valence-electron chi connectivity index (χ1n) is 5.67. The summed E-state index contributed by atoms with van der Waals surface area (Å²) in [6.45, 7) is 9.04. The number of amides is 1. The Morgan fingerprint density at radius 1 is 1.56 bits per heavy atom. The monoisotopic (exact) mass is 229 g/mol. The van der Waals surface area contributed by atoms with Crippen molar-refractivity contribution in [2.45, 2.75) is 38.3 Å². The number of nitrogens with two attached hydrogens (primary N) is 2. The summed E-state index contributed by atoms with van der Waals surface area (Å²) >= 11 is 0. The highest BCUT2D eigenvalue weighted by atomic mass is 16.5. The van der Waals surface area contributed by atoms with Crippen molar-refractivity contribution < 1.29 is 9.53 Å². The molecule has 1 amide bonds. The predicted molar refractivity (Wildman–Crippen MR) is 62.9 cm³/mol. The summed E-state index contributed by atoms with van der Waals surface area (Å²) in [6, 6.07) is 0. The third-order valence-electron chi connectivity index (χ3n) is 3.28. The van der Waals surface area contributed by atoms with E-state index in [0.717, 1.165) is 19.7 Å². The van der Waals surface area contributed by atoms with Crippen LogP contribution in [-0.2, 0) is 9.53 Å². The van der Waals surface area contributed by atoms with Crippen LogP contribution in [0.2, 0.25) is 0 Å². The molecule has 5 heteroatoms. The highest BCUT2D eigenvalue weighted by molar-refractivity contribution is 5.83. The molecule has 1 aliphatic rings. The molecule has 94 valence electrons. The van der Waals surface area contributed by atoms with E-state index in [1.54, 1.807) is 6.92 Å². The zero-order chi connectivity index (χ0) is 12.4. The number of carbonyl (C=O) groups is 1. The number of morpholine rings is 1. The van der Waals surface area contributed by atoms with E-state index in [1.807, 2.05) is 0 Å². The van der Waals surface area contributed by atoms with Crippen LogP contribution < -0.4 is 11.5 Å². The molecule has 1 unspecified atom stereocenters. The number of hydrogen-bond acceptors (Lipinski definition) is 4. The van der Waals surface area contributed by atoms with Gasteiger partial charge in [0.2, 0.25) is 5.91 Å². The fourth-order valence-electron chi connectivity index (χ4n) is 1.80. The predicted octanol–water partition coefficient (Wildman–Crippen LogP) is -0.310. The number of primary amides is 1. The molecule has 0 aliphatic carbocycles. The van der Waals surface area contributed by atoms with Crippen LogP contribution in [0.1, 0.15) is 27.2 Å². The maximum absolute atomic E-state index is 11.1. The average Bonchev–Trinajstić information content (AvgIpc) is 2.15. The van der Waals surface area contributed by atoms with Crippen LogP contribution in [0.15, 0.2) is 0 Å². The number of ether oxygens (including phenoxy) is 1. The molecule has 0 spiro atoms. The zero-order valence-electron chi connectivity index (χ0n) is 10.5. The van der Waals surface area contributed by atoms with E-state index in [2.05, 4.69) is 18.7 Å². The molecule has 0 bridgehead atoms. The topological polar surface area (TPSA) is 81.6 Å². The summed E-state index contributed by atoms with van der Waals surface area (Å²) < 4.78 is 5.43. The first-order valence-corrected chi connectivity index (χ1v) is 5.67. The van der Waals surface area contributed by atoms with Crippen molar-refractivity contribution in [3.05, 3.63) is 0 Å². The summed E-state index contributed by atoms with van der Waals surface area (Å²) in [4.78, 5) is 13.4. The Labute approximate surface area is 97.1 Å². The van der Waals surface area contributed by atoms with E-state index in [4.69, 9.17) is 16.2 Å². The van der Waals surface area contributed by atoms with Gasteiger partial charge in [-0.2, -0.15) is 0 Å².